The summed E-state index contributed by atoms with van der Waals surface area (Å²) in [7, 11) is 0. The van der Waals surface area contributed by atoms with Gasteiger partial charge in [0.05, 0.1) is 8.49 Å². The van der Waals surface area contributed by atoms with Crippen LogP contribution in [0.3, 0.4) is 0 Å². The summed E-state index contributed by atoms with van der Waals surface area (Å²) in [6.07, 6.45) is 1.63. The van der Waals surface area contributed by atoms with Gasteiger partial charge in [0.1, 0.15) is 11.9 Å². The Hall–Kier alpha value is -0.960. The topological polar surface area (TPSA) is 64.4 Å². The summed E-state index contributed by atoms with van der Waals surface area (Å²) < 4.78 is 19.2. The molecule has 1 aliphatic heterocycles. The molecule has 98 valence electrons. The molecule has 0 saturated carbocycles. The van der Waals surface area contributed by atoms with Crippen molar-refractivity contribution in [3.05, 3.63) is 31.6 Å². The van der Waals surface area contributed by atoms with E-state index in [4.69, 9.17) is 4.74 Å². The first-order valence-electron chi connectivity index (χ1n) is 5.58. The fourth-order valence-electron chi connectivity index (χ4n) is 1.86. The van der Waals surface area contributed by atoms with Gasteiger partial charge >= 0.3 is 5.69 Å². The molecule has 1 heterocycles. The lowest BCUT2D eigenvalue weighted by Crippen LogP contribution is -2.37. The number of piperidine rings is 1. The number of nitro benzene ring substituents is 1. The Morgan fingerprint density at radius 1 is 1.56 bits per heavy atom. The van der Waals surface area contributed by atoms with Gasteiger partial charge in [-0.2, -0.15) is 0 Å². The van der Waals surface area contributed by atoms with Crippen LogP contribution in [-0.4, -0.2) is 24.1 Å². The van der Waals surface area contributed by atoms with E-state index in [1.54, 1.807) is 22.6 Å². The SMILES string of the molecule is O=[N+]([O-])c1cc(I)c(F)cc1O[C@H]1CCCNC1. The molecule has 0 unspecified atom stereocenters. The van der Waals surface area contributed by atoms with E-state index in [1.807, 2.05) is 0 Å². The van der Waals surface area contributed by atoms with Crippen LogP contribution in [0.4, 0.5) is 10.1 Å². The zero-order valence-corrected chi connectivity index (χ0v) is 11.6. The van der Waals surface area contributed by atoms with Crippen LogP contribution in [0.1, 0.15) is 12.8 Å². The first-order chi connectivity index (χ1) is 8.58. The molecule has 0 aromatic heterocycles. The molecule has 2 rings (SSSR count). The molecule has 0 bridgehead atoms. The van der Waals surface area contributed by atoms with Crippen LogP contribution < -0.4 is 10.1 Å². The van der Waals surface area contributed by atoms with Gasteiger partial charge in [-0.15, -0.1) is 0 Å². The van der Waals surface area contributed by atoms with E-state index < -0.39 is 10.7 Å². The summed E-state index contributed by atoms with van der Waals surface area (Å²) in [6.45, 7) is 1.55. The van der Waals surface area contributed by atoms with Crippen LogP contribution in [0.25, 0.3) is 0 Å². The Balaban J connectivity index is 2.24. The monoisotopic (exact) mass is 366 g/mol. The lowest BCUT2D eigenvalue weighted by molar-refractivity contribution is -0.386. The van der Waals surface area contributed by atoms with Crippen LogP contribution in [0, 0.1) is 19.5 Å². The van der Waals surface area contributed by atoms with Gasteiger partial charge in [0.2, 0.25) is 0 Å². The quantitative estimate of drug-likeness (QED) is 0.507. The zero-order valence-electron chi connectivity index (χ0n) is 9.49. The summed E-state index contributed by atoms with van der Waals surface area (Å²) in [6, 6.07) is 2.29. The van der Waals surface area contributed by atoms with Crippen molar-refractivity contribution in [2.45, 2.75) is 18.9 Å². The molecule has 0 radical (unpaired) electrons. The second-order valence-corrected chi connectivity index (χ2v) is 5.24. The lowest BCUT2D eigenvalue weighted by Gasteiger charge is -2.23. The third kappa shape index (κ3) is 3.08. The number of rotatable bonds is 3. The number of nitro groups is 1. The average molecular weight is 366 g/mol. The minimum absolute atomic E-state index is 0.00613. The average Bonchev–Trinajstić information content (AvgIpc) is 2.34. The molecule has 1 N–H and O–H groups in total. The van der Waals surface area contributed by atoms with Gasteiger partial charge in [-0.25, -0.2) is 4.39 Å². The van der Waals surface area contributed by atoms with Gasteiger partial charge in [-0.05, 0) is 42.0 Å². The molecule has 0 spiro atoms. The molecule has 1 aromatic carbocycles. The number of halogens is 2. The number of hydrogen-bond acceptors (Lipinski definition) is 4. The maximum atomic E-state index is 13.5. The molecule has 1 saturated heterocycles. The predicted molar refractivity (Wildman–Crippen MR) is 72.3 cm³/mol. The van der Waals surface area contributed by atoms with Crippen LogP contribution >= 0.6 is 22.6 Å². The van der Waals surface area contributed by atoms with Gasteiger partial charge in [0.25, 0.3) is 0 Å². The van der Waals surface area contributed by atoms with E-state index >= 15 is 0 Å². The molecule has 7 heteroatoms. The second kappa shape index (κ2) is 5.79. The highest BCUT2D eigenvalue weighted by molar-refractivity contribution is 14.1. The van der Waals surface area contributed by atoms with Crippen LogP contribution in [-0.2, 0) is 0 Å². The van der Waals surface area contributed by atoms with Crippen molar-refractivity contribution in [1.82, 2.24) is 5.32 Å². The van der Waals surface area contributed by atoms with E-state index in [2.05, 4.69) is 5.32 Å². The fourth-order valence-corrected chi connectivity index (χ4v) is 2.31. The Bertz CT molecular complexity index is 464. The number of hydrogen-bond donors (Lipinski definition) is 1. The van der Waals surface area contributed by atoms with Crippen molar-refractivity contribution < 1.29 is 14.1 Å². The van der Waals surface area contributed by atoms with Crippen molar-refractivity contribution in [3.63, 3.8) is 0 Å². The van der Waals surface area contributed by atoms with Crippen LogP contribution in [0.15, 0.2) is 12.1 Å². The minimum atomic E-state index is -0.548. The highest BCUT2D eigenvalue weighted by Gasteiger charge is 2.23. The normalized spacial score (nSPS) is 19.6. The number of nitrogens with zero attached hydrogens (tertiary/aromatic N) is 1. The number of ether oxygens (including phenoxy) is 1. The van der Waals surface area contributed by atoms with Gasteiger partial charge in [-0.3, -0.25) is 10.1 Å². The third-order valence-corrected chi connectivity index (χ3v) is 3.57. The molecule has 1 fully saturated rings. The summed E-state index contributed by atoms with van der Waals surface area (Å²) in [4.78, 5) is 10.4. The molecule has 5 nitrogen and oxygen atoms in total. The lowest BCUT2D eigenvalue weighted by atomic mass is 10.1. The van der Waals surface area contributed by atoms with Crippen LogP contribution in [0.5, 0.6) is 5.75 Å². The first kappa shape index (κ1) is 13.5. The predicted octanol–water partition coefficient (Wildman–Crippen LogP) is 2.47. The molecule has 0 amide bonds. The van der Waals surface area contributed by atoms with Crippen molar-refractivity contribution in [2.24, 2.45) is 0 Å². The Labute approximate surface area is 117 Å². The third-order valence-electron chi connectivity index (χ3n) is 2.74. The maximum absolute atomic E-state index is 13.5. The van der Waals surface area contributed by atoms with E-state index in [1.165, 1.54) is 6.07 Å². The van der Waals surface area contributed by atoms with Crippen molar-refractivity contribution in [1.29, 1.82) is 0 Å². The minimum Gasteiger partial charge on any atom is -0.482 e. The Morgan fingerprint density at radius 3 is 2.94 bits per heavy atom. The van der Waals surface area contributed by atoms with Gasteiger partial charge in [0.15, 0.2) is 5.75 Å². The molecule has 1 aromatic rings. The number of benzene rings is 1. The molecule has 1 aliphatic rings. The summed E-state index contributed by atoms with van der Waals surface area (Å²) in [5.41, 5.74) is -0.189. The van der Waals surface area contributed by atoms with Crippen LogP contribution in [0.2, 0.25) is 0 Å². The van der Waals surface area contributed by atoms with E-state index in [9.17, 15) is 14.5 Å². The molecule has 1 atom stereocenters. The zero-order chi connectivity index (χ0) is 13.1. The standard InChI is InChI=1S/C11H12FIN2O3/c12-8-4-11(10(15(16)17)5-9(8)13)18-7-2-1-3-14-6-7/h4-5,7,14H,1-3,6H2/t7-/m0/s1. The smallest absolute Gasteiger partial charge is 0.312 e. The highest BCUT2D eigenvalue weighted by Crippen LogP contribution is 2.32. The summed E-state index contributed by atoms with van der Waals surface area (Å²) >= 11 is 1.72. The molecule has 0 aliphatic carbocycles. The highest BCUT2D eigenvalue weighted by atomic mass is 127. The first-order valence-corrected chi connectivity index (χ1v) is 6.66. The van der Waals surface area contributed by atoms with Crippen molar-refractivity contribution in [2.75, 3.05) is 13.1 Å². The number of nitrogens with one attached hydrogen (secondary N) is 1. The maximum Gasteiger partial charge on any atom is 0.312 e. The molecular weight excluding hydrogens is 354 g/mol. The van der Waals surface area contributed by atoms with E-state index in [0.717, 1.165) is 25.5 Å². The Morgan fingerprint density at radius 2 is 2.33 bits per heavy atom. The summed E-state index contributed by atoms with van der Waals surface area (Å²) in [5, 5.41) is 14.1. The largest absolute Gasteiger partial charge is 0.482 e. The second-order valence-electron chi connectivity index (χ2n) is 4.08. The van der Waals surface area contributed by atoms with Crippen molar-refractivity contribution in [3.8, 4) is 5.75 Å². The van der Waals surface area contributed by atoms with Gasteiger partial charge in [0, 0.05) is 18.7 Å². The van der Waals surface area contributed by atoms with E-state index in [-0.39, 0.29) is 21.1 Å². The van der Waals surface area contributed by atoms with Gasteiger partial charge < -0.3 is 10.1 Å². The fraction of sp³-hybridized carbons (Fsp3) is 0.455. The molecular formula is C11H12FIN2O3. The van der Waals surface area contributed by atoms with Crippen molar-refractivity contribution >= 4 is 28.3 Å². The molecule has 18 heavy (non-hydrogen) atoms. The summed E-state index contributed by atoms with van der Waals surface area (Å²) in [5.74, 6) is -0.494. The van der Waals surface area contributed by atoms with E-state index in [0.29, 0.717) is 6.54 Å². The Kier molecular flexibility index (Phi) is 4.33. The van der Waals surface area contributed by atoms with Gasteiger partial charge in [-0.1, -0.05) is 0 Å².